The summed E-state index contributed by atoms with van der Waals surface area (Å²) < 4.78 is 7.64. The van der Waals surface area contributed by atoms with Gasteiger partial charge in [0.25, 0.3) is 0 Å². The fraction of sp³-hybridized carbons (Fsp3) is 0.542. The molecule has 0 amide bonds. The van der Waals surface area contributed by atoms with Gasteiger partial charge in [-0.3, -0.25) is 14.9 Å². The van der Waals surface area contributed by atoms with Crippen LogP contribution in [-0.4, -0.2) is 44.8 Å². The summed E-state index contributed by atoms with van der Waals surface area (Å²) in [5.41, 5.74) is 1.67. The fourth-order valence-electron chi connectivity index (χ4n) is 4.19. The normalized spacial score (nSPS) is 16.2. The van der Waals surface area contributed by atoms with Crippen LogP contribution in [0.25, 0.3) is 0 Å². The Bertz CT molecular complexity index is 937. The minimum Gasteiger partial charge on any atom is -0.480 e. The van der Waals surface area contributed by atoms with E-state index in [0.29, 0.717) is 23.0 Å². The number of carboxylic acid groups (broad SMARTS) is 1. The van der Waals surface area contributed by atoms with Gasteiger partial charge in [-0.1, -0.05) is 37.0 Å². The average Bonchev–Trinajstić information content (AvgIpc) is 3.37. The van der Waals surface area contributed by atoms with Gasteiger partial charge in [0, 0.05) is 34.9 Å². The summed E-state index contributed by atoms with van der Waals surface area (Å²) in [5, 5.41) is 13.8. The van der Waals surface area contributed by atoms with Gasteiger partial charge in [-0.15, -0.1) is 0 Å². The van der Waals surface area contributed by atoms with E-state index in [1.807, 2.05) is 30.5 Å². The zero-order valence-corrected chi connectivity index (χ0v) is 20.5. The Morgan fingerprint density at radius 3 is 2.45 bits per heavy atom. The van der Waals surface area contributed by atoms with Crippen molar-refractivity contribution in [2.75, 3.05) is 0 Å². The first kappa shape index (κ1) is 25.5. The Hall–Kier alpha value is -2.09. The largest absolute Gasteiger partial charge is 0.480 e. The standard InChI is InChI=1S/C24H31Cl2N3O4/c1-15(2)7-21(23(30)31)28-22(24(32)33-20-5-3-4-6-20)11-19-12-27-14-29(19)13-16-8-17(25)10-18(26)9-16/h8-10,12,14-15,20-22,28H,3-7,11,13H2,1-2H3,(H,30,31)/t21-,22?/m0/s1. The Balaban J connectivity index is 1.79. The van der Waals surface area contributed by atoms with E-state index >= 15 is 0 Å². The molecule has 1 saturated carbocycles. The Morgan fingerprint density at radius 2 is 1.85 bits per heavy atom. The monoisotopic (exact) mass is 495 g/mol. The number of nitrogens with one attached hydrogen (secondary N) is 1. The number of hydrogen-bond donors (Lipinski definition) is 2. The van der Waals surface area contributed by atoms with Crippen LogP contribution in [0.3, 0.4) is 0 Å². The van der Waals surface area contributed by atoms with Crippen molar-refractivity contribution in [1.82, 2.24) is 14.9 Å². The maximum absolute atomic E-state index is 13.1. The highest BCUT2D eigenvalue weighted by molar-refractivity contribution is 6.34. The van der Waals surface area contributed by atoms with Crippen LogP contribution in [0.15, 0.2) is 30.7 Å². The molecule has 0 spiro atoms. The minimum atomic E-state index is -0.982. The molecule has 2 atom stereocenters. The number of esters is 1. The fourth-order valence-corrected chi connectivity index (χ4v) is 4.76. The summed E-state index contributed by atoms with van der Waals surface area (Å²) in [5.74, 6) is -1.25. The molecule has 33 heavy (non-hydrogen) atoms. The molecule has 1 unspecified atom stereocenters. The highest BCUT2D eigenvalue weighted by atomic mass is 35.5. The van der Waals surface area contributed by atoms with E-state index in [0.717, 1.165) is 36.9 Å². The lowest BCUT2D eigenvalue weighted by Crippen LogP contribution is -2.50. The minimum absolute atomic E-state index is 0.103. The Kier molecular flexibility index (Phi) is 9.18. The van der Waals surface area contributed by atoms with Crippen LogP contribution in [0.5, 0.6) is 0 Å². The molecule has 1 fully saturated rings. The molecular weight excluding hydrogens is 465 g/mol. The van der Waals surface area contributed by atoms with Crippen molar-refractivity contribution >= 4 is 35.1 Å². The molecule has 9 heteroatoms. The number of aromatic nitrogens is 2. The third kappa shape index (κ3) is 7.73. The number of imidazole rings is 1. The van der Waals surface area contributed by atoms with E-state index in [4.69, 9.17) is 27.9 Å². The first-order chi connectivity index (χ1) is 15.7. The van der Waals surface area contributed by atoms with Gasteiger partial charge in [-0.25, -0.2) is 4.98 Å². The predicted molar refractivity (Wildman–Crippen MR) is 128 cm³/mol. The molecule has 0 aliphatic heterocycles. The SMILES string of the molecule is CC(C)C[C@H](NC(Cc1cncn1Cc1cc(Cl)cc(Cl)c1)C(=O)OC1CCCC1)C(=O)O. The zero-order valence-electron chi connectivity index (χ0n) is 19.0. The topological polar surface area (TPSA) is 93.5 Å². The van der Waals surface area contributed by atoms with E-state index in [-0.39, 0.29) is 18.4 Å². The van der Waals surface area contributed by atoms with E-state index in [9.17, 15) is 14.7 Å². The van der Waals surface area contributed by atoms with E-state index in [1.54, 1.807) is 18.6 Å². The number of rotatable bonds is 11. The molecule has 1 heterocycles. The molecule has 2 aromatic rings. The maximum Gasteiger partial charge on any atom is 0.323 e. The van der Waals surface area contributed by atoms with Gasteiger partial charge < -0.3 is 14.4 Å². The second-order valence-corrected chi connectivity index (χ2v) is 9.95. The number of hydrogen-bond acceptors (Lipinski definition) is 5. The van der Waals surface area contributed by atoms with E-state index in [2.05, 4.69) is 10.3 Å². The molecule has 0 saturated heterocycles. The van der Waals surface area contributed by atoms with Crippen LogP contribution in [0.2, 0.25) is 10.0 Å². The molecule has 1 aliphatic rings. The molecular formula is C24H31Cl2N3O4. The van der Waals surface area contributed by atoms with Gasteiger partial charge in [0.15, 0.2) is 0 Å². The second-order valence-electron chi connectivity index (χ2n) is 9.08. The van der Waals surface area contributed by atoms with Gasteiger partial charge in [-0.2, -0.15) is 0 Å². The number of nitrogens with zero attached hydrogens (tertiary/aromatic N) is 2. The van der Waals surface area contributed by atoms with Crippen molar-refractivity contribution in [3.63, 3.8) is 0 Å². The lowest BCUT2D eigenvalue weighted by molar-refractivity contribution is -0.152. The number of benzene rings is 1. The molecule has 7 nitrogen and oxygen atoms in total. The second kappa shape index (κ2) is 11.9. The molecule has 0 radical (unpaired) electrons. The summed E-state index contributed by atoms with van der Waals surface area (Å²) >= 11 is 12.3. The van der Waals surface area contributed by atoms with Crippen LogP contribution in [0.4, 0.5) is 0 Å². The molecule has 1 aromatic heterocycles. The number of carbonyl (C=O) groups excluding carboxylic acids is 1. The molecule has 2 N–H and O–H groups in total. The number of carbonyl (C=O) groups is 2. The van der Waals surface area contributed by atoms with Crippen LogP contribution in [0.1, 0.15) is 57.2 Å². The van der Waals surface area contributed by atoms with Gasteiger partial charge in [0.1, 0.15) is 18.2 Å². The van der Waals surface area contributed by atoms with Crippen LogP contribution in [0, 0.1) is 5.92 Å². The average molecular weight is 496 g/mol. The number of halogens is 2. The first-order valence-electron chi connectivity index (χ1n) is 11.3. The van der Waals surface area contributed by atoms with E-state index in [1.165, 1.54) is 0 Å². The summed E-state index contributed by atoms with van der Waals surface area (Å²) in [6.45, 7) is 4.37. The van der Waals surface area contributed by atoms with Crippen LogP contribution < -0.4 is 5.32 Å². The zero-order chi connectivity index (χ0) is 24.0. The van der Waals surface area contributed by atoms with Crippen molar-refractivity contribution in [2.45, 2.75) is 77.1 Å². The lowest BCUT2D eigenvalue weighted by atomic mass is 10.0. The third-order valence-electron chi connectivity index (χ3n) is 5.76. The highest BCUT2D eigenvalue weighted by Gasteiger charge is 2.31. The smallest absolute Gasteiger partial charge is 0.323 e. The number of ether oxygens (including phenoxy) is 1. The van der Waals surface area contributed by atoms with Crippen molar-refractivity contribution in [2.24, 2.45) is 5.92 Å². The lowest BCUT2D eigenvalue weighted by Gasteiger charge is -2.25. The first-order valence-corrected chi connectivity index (χ1v) is 12.1. The van der Waals surface area contributed by atoms with Gasteiger partial charge in [0.05, 0.1) is 6.33 Å². The predicted octanol–water partition coefficient (Wildman–Crippen LogP) is 4.72. The molecule has 1 aliphatic carbocycles. The van der Waals surface area contributed by atoms with Crippen molar-refractivity contribution in [3.05, 3.63) is 52.0 Å². The number of carboxylic acids is 1. The third-order valence-corrected chi connectivity index (χ3v) is 6.20. The summed E-state index contributed by atoms with van der Waals surface area (Å²) in [7, 11) is 0. The maximum atomic E-state index is 13.1. The van der Waals surface area contributed by atoms with E-state index < -0.39 is 24.0 Å². The number of aliphatic carboxylic acids is 1. The van der Waals surface area contributed by atoms with Crippen LogP contribution in [-0.2, 0) is 27.3 Å². The molecule has 1 aromatic carbocycles. The highest BCUT2D eigenvalue weighted by Crippen LogP contribution is 2.23. The molecule has 0 bridgehead atoms. The van der Waals surface area contributed by atoms with Gasteiger partial charge in [0.2, 0.25) is 0 Å². The van der Waals surface area contributed by atoms with Crippen molar-refractivity contribution < 1.29 is 19.4 Å². The summed E-state index contributed by atoms with van der Waals surface area (Å²) in [6, 6.07) is 3.66. The molecule has 180 valence electrons. The molecule has 3 rings (SSSR count). The van der Waals surface area contributed by atoms with Crippen molar-refractivity contribution in [3.8, 4) is 0 Å². The van der Waals surface area contributed by atoms with Crippen molar-refractivity contribution in [1.29, 1.82) is 0 Å². The summed E-state index contributed by atoms with van der Waals surface area (Å²) in [6.07, 6.45) is 7.68. The van der Waals surface area contributed by atoms with Gasteiger partial charge >= 0.3 is 11.9 Å². The Labute approximate surface area is 204 Å². The summed E-state index contributed by atoms with van der Waals surface area (Å²) in [4.78, 5) is 29.2. The quantitative estimate of drug-likeness (QED) is 0.437. The van der Waals surface area contributed by atoms with Crippen LogP contribution >= 0.6 is 23.2 Å². The van der Waals surface area contributed by atoms with Gasteiger partial charge in [-0.05, 0) is 61.8 Å². The Morgan fingerprint density at radius 1 is 1.18 bits per heavy atom.